The van der Waals surface area contributed by atoms with Crippen LogP contribution in [0.1, 0.15) is 19.2 Å². The lowest BCUT2D eigenvalue weighted by Gasteiger charge is -2.32. The van der Waals surface area contributed by atoms with Gasteiger partial charge in [0.1, 0.15) is 5.82 Å². The number of nitrogens with zero attached hydrogens (tertiary/aromatic N) is 4. The van der Waals surface area contributed by atoms with Crippen molar-refractivity contribution in [3.8, 4) is 0 Å². The molecule has 1 aromatic rings. The van der Waals surface area contributed by atoms with Gasteiger partial charge in [0.15, 0.2) is 5.60 Å². The first-order valence-corrected chi connectivity index (χ1v) is 7.53. The molecule has 0 spiro atoms. The summed E-state index contributed by atoms with van der Waals surface area (Å²) in [5.74, 6) is 0.705. The second kappa shape index (κ2) is 6.05. The minimum Gasteiger partial charge on any atom is -0.380 e. The summed E-state index contributed by atoms with van der Waals surface area (Å²) in [5.41, 5.74) is -2.68. The van der Waals surface area contributed by atoms with Crippen molar-refractivity contribution in [1.82, 2.24) is 14.3 Å². The summed E-state index contributed by atoms with van der Waals surface area (Å²) in [6.07, 6.45) is -3.89. The highest BCUT2D eigenvalue weighted by Crippen LogP contribution is 2.31. The van der Waals surface area contributed by atoms with Crippen LogP contribution < -0.4 is 4.90 Å². The van der Waals surface area contributed by atoms with Gasteiger partial charge in [0, 0.05) is 44.3 Å². The molecule has 1 aliphatic rings. The van der Waals surface area contributed by atoms with E-state index in [9.17, 15) is 18.3 Å². The monoisotopic (exact) mass is 324 g/mol. The maximum absolute atomic E-state index is 12.7. The molecule has 9 heteroatoms. The predicted octanol–water partition coefficient (Wildman–Crippen LogP) is 1.67. The van der Waals surface area contributed by atoms with Crippen molar-refractivity contribution in [3.63, 3.8) is 0 Å². The Labute approximate surface area is 125 Å². The zero-order valence-electron chi connectivity index (χ0n) is 12.0. The summed E-state index contributed by atoms with van der Waals surface area (Å²) in [6.45, 7) is 4.54. The van der Waals surface area contributed by atoms with Gasteiger partial charge in [0.05, 0.1) is 0 Å². The van der Waals surface area contributed by atoms with Crippen LogP contribution in [0.4, 0.5) is 18.3 Å². The average molecular weight is 324 g/mol. The fourth-order valence-electron chi connectivity index (χ4n) is 2.26. The van der Waals surface area contributed by atoms with Crippen molar-refractivity contribution >= 4 is 16.7 Å². The van der Waals surface area contributed by atoms with E-state index in [4.69, 9.17) is 0 Å². The van der Waals surface area contributed by atoms with Crippen molar-refractivity contribution < 1.29 is 18.3 Å². The molecular formula is C12H19F3N4OS. The van der Waals surface area contributed by atoms with Crippen molar-refractivity contribution in [1.29, 1.82) is 0 Å². The summed E-state index contributed by atoms with van der Waals surface area (Å²) in [6, 6.07) is 0. The molecule has 120 valence electrons. The van der Waals surface area contributed by atoms with Crippen LogP contribution in [0.2, 0.25) is 0 Å². The maximum atomic E-state index is 12.7. The Hall–Kier alpha value is -0.930. The van der Waals surface area contributed by atoms with Gasteiger partial charge in [-0.1, -0.05) is 0 Å². The molecule has 2 heterocycles. The first-order valence-electron chi connectivity index (χ1n) is 6.76. The average Bonchev–Trinajstić information content (AvgIpc) is 2.65. The van der Waals surface area contributed by atoms with Gasteiger partial charge in [0.25, 0.3) is 0 Å². The fraction of sp³-hybridized carbons (Fsp3) is 0.833. The van der Waals surface area contributed by atoms with Crippen LogP contribution in [0.15, 0.2) is 0 Å². The van der Waals surface area contributed by atoms with Crippen molar-refractivity contribution in [2.24, 2.45) is 0 Å². The number of halogens is 3. The van der Waals surface area contributed by atoms with Crippen LogP contribution in [-0.4, -0.2) is 63.9 Å². The van der Waals surface area contributed by atoms with E-state index in [1.165, 1.54) is 11.5 Å². The van der Waals surface area contributed by atoms with Crippen LogP contribution in [0.5, 0.6) is 0 Å². The molecule has 1 N–H and O–H groups in total. The molecule has 2 rings (SSSR count). The minimum absolute atomic E-state index is 0.403. The number of aliphatic hydroxyl groups is 1. The Kier molecular flexibility index (Phi) is 4.74. The number of aromatic nitrogens is 2. The lowest BCUT2D eigenvalue weighted by atomic mass is 10.1. The third kappa shape index (κ3) is 4.04. The smallest absolute Gasteiger partial charge is 0.380 e. The van der Waals surface area contributed by atoms with E-state index in [-0.39, 0.29) is 0 Å². The highest BCUT2D eigenvalue weighted by atomic mass is 32.1. The standard InChI is InChI=1S/C12H19F3N4OS/c1-9-16-10(21-17-9)19-5-3-4-18(6-7-19)8-11(2,20)12(13,14)15/h20H,3-8H2,1-2H3/t11-/m1/s1. The normalized spacial score (nSPS) is 21.1. The van der Waals surface area contributed by atoms with Crippen molar-refractivity contribution in [3.05, 3.63) is 5.82 Å². The van der Waals surface area contributed by atoms with E-state index < -0.39 is 18.3 Å². The second-order valence-corrected chi connectivity index (χ2v) is 6.24. The highest BCUT2D eigenvalue weighted by molar-refractivity contribution is 7.09. The van der Waals surface area contributed by atoms with E-state index in [2.05, 4.69) is 9.36 Å². The van der Waals surface area contributed by atoms with E-state index in [0.717, 1.165) is 25.0 Å². The quantitative estimate of drug-likeness (QED) is 0.917. The zero-order valence-corrected chi connectivity index (χ0v) is 12.8. The van der Waals surface area contributed by atoms with E-state index in [1.807, 2.05) is 11.8 Å². The molecule has 21 heavy (non-hydrogen) atoms. The minimum atomic E-state index is -4.62. The predicted molar refractivity (Wildman–Crippen MR) is 74.6 cm³/mol. The second-order valence-electron chi connectivity index (χ2n) is 5.51. The van der Waals surface area contributed by atoms with Crippen LogP contribution in [-0.2, 0) is 0 Å². The number of β-amino-alcohol motifs (C(OH)–C–C–N with tert-alkyl or cyclic N) is 1. The van der Waals surface area contributed by atoms with Gasteiger partial charge >= 0.3 is 6.18 Å². The van der Waals surface area contributed by atoms with Crippen molar-refractivity contribution in [2.45, 2.75) is 32.0 Å². The molecule has 0 saturated carbocycles. The molecule has 0 unspecified atom stereocenters. The SMILES string of the molecule is Cc1nsc(N2CCCN(C[C@@](C)(O)C(F)(F)F)CC2)n1. The summed E-state index contributed by atoms with van der Waals surface area (Å²) in [7, 11) is 0. The number of aryl methyl sites for hydroxylation is 1. The Morgan fingerprint density at radius 3 is 2.52 bits per heavy atom. The molecule has 5 nitrogen and oxygen atoms in total. The summed E-state index contributed by atoms with van der Waals surface area (Å²) >= 11 is 1.30. The Bertz CT molecular complexity index is 477. The number of anilines is 1. The molecule has 1 fully saturated rings. The number of rotatable bonds is 3. The molecule has 0 amide bonds. The third-order valence-corrected chi connectivity index (χ3v) is 4.39. The van der Waals surface area contributed by atoms with Gasteiger partial charge in [0.2, 0.25) is 5.13 Å². The van der Waals surface area contributed by atoms with Gasteiger partial charge in [-0.3, -0.25) is 4.90 Å². The first kappa shape index (κ1) is 16.4. The molecule has 0 aliphatic carbocycles. The van der Waals surface area contributed by atoms with Gasteiger partial charge in [-0.05, 0) is 20.3 Å². The maximum Gasteiger partial charge on any atom is 0.418 e. The highest BCUT2D eigenvalue weighted by Gasteiger charge is 2.50. The number of alkyl halides is 3. The van der Waals surface area contributed by atoms with Gasteiger partial charge < -0.3 is 10.0 Å². The van der Waals surface area contributed by atoms with Gasteiger partial charge in [-0.2, -0.15) is 17.5 Å². The summed E-state index contributed by atoms with van der Waals surface area (Å²) < 4.78 is 42.3. The summed E-state index contributed by atoms with van der Waals surface area (Å²) in [4.78, 5) is 7.99. The van der Waals surface area contributed by atoms with Crippen LogP contribution in [0.25, 0.3) is 0 Å². The van der Waals surface area contributed by atoms with Crippen LogP contribution >= 0.6 is 11.5 Å². The largest absolute Gasteiger partial charge is 0.418 e. The lowest BCUT2D eigenvalue weighted by Crippen LogP contribution is -2.52. The molecular weight excluding hydrogens is 305 g/mol. The fourth-order valence-corrected chi connectivity index (χ4v) is 2.99. The number of hydrogen-bond donors (Lipinski definition) is 1. The molecule has 0 bridgehead atoms. The zero-order chi connectivity index (χ0) is 15.7. The third-order valence-electron chi connectivity index (χ3n) is 3.52. The summed E-state index contributed by atoms with van der Waals surface area (Å²) in [5, 5.41) is 10.4. The van der Waals surface area contributed by atoms with E-state index in [1.54, 1.807) is 4.90 Å². The van der Waals surface area contributed by atoms with E-state index >= 15 is 0 Å². The van der Waals surface area contributed by atoms with Crippen LogP contribution in [0.3, 0.4) is 0 Å². The Morgan fingerprint density at radius 2 is 1.95 bits per heavy atom. The van der Waals surface area contributed by atoms with Crippen molar-refractivity contribution in [2.75, 3.05) is 37.6 Å². The Morgan fingerprint density at radius 1 is 1.24 bits per heavy atom. The van der Waals surface area contributed by atoms with Gasteiger partial charge in [-0.25, -0.2) is 4.98 Å². The first-order chi connectivity index (χ1) is 9.69. The van der Waals surface area contributed by atoms with E-state index in [0.29, 0.717) is 25.5 Å². The molecule has 0 radical (unpaired) electrons. The molecule has 0 aromatic carbocycles. The lowest BCUT2D eigenvalue weighted by molar-refractivity contribution is -0.257. The molecule has 1 saturated heterocycles. The Balaban J connectivity index is 1.95. The number of hydrogen-bond acceptors (Lipinski definition) is 6. The molecule has 1 aliphatic heterocycles. The topological polar surface area (TPSA) is 52.5 Å². The molecule has 1 atom stereocenters. The van der Waals surface area contributed by atoms with Crippen LogP contribution in [0, 0.1) is 6.92 Å². The molecule has 1 aromatic heterocycles. The van der Waals surface area contributed by atoms with Gasteiger partial charge in [-0.15, -0.1) is 0 Å².